The summed E-state index contributed by atoms with van der Waals surface area (Å²) < 4.78 is 83.3. The van der Waals surface area contributed by atoms with Gasteiger partial charge in [-0.3, -0.25) is 5.09 Å². The molecule has 1 heterocycles. The van der Waals surface area contributed by atoms with Crippen LogP contribution < -0.4 is 25.1 Å². The van der Waals surface area contributed by atoms with Crippen LogP contribution in [0.2, 0.25) is 0 Å². The van der Waals surface area contributed by atoms with Crippen molar-refractivity contribution in [1.82, 2.24) is 10.4 Å². The molecule has 38 heavy (non-hydrogen) atoms. The van der Waals surface area contributed by atoms with Crippen LogP contribution in [-0.4, -0.2) is 31.3 Å². The van der Waals surface area contributed by atoms with Gasteiger partial charge in [0, 0.05) is 43.2 Å². The lowest BCUT2D eigenvalue weighted by Gasteiger charge is -2.32. The van der Waals surface area contributed by atoms with E-state index in [0.29, 0.717) is 25.2 Å². The number of thiocarbonyl (C=S) groups is 1. The van der Waals surface area contributed by atoms with E-state index in [2.05, 4.69) is 25.1 Å². The van der Waals surface area contributed by atoms with Crippen molar-refractivity contribution in [1.29, 1.82) is 0 Å². The third-order valence-corrected chi connectivity index (χ3v) is 8.13. The van der Waals surface area contributed by atoms with Crippen LogP contribution in [0.4, 0.5) is 43.4 Å². The maximum atomic E-state index is 13.1. The minimum atomic E-state index is -4.94. The predicted molar refractivity (Wildman–Crippen MR) is 143 cm³/mol. The molecule has 0 amide bonds. The number of nitrogens with zero attached hydrogens (tertiary/aromatic N) is 2. The van der Waals surface area contributed by atoms with Crippen molar-refractivity contribution < 1.29 is 26.3 Å². The molecule has 1 aliphatic heterocycles. The number of nitrogens with one attached hydrogen (secondary N) is 3. The van der Waals surface area contributed by atoms with E-state index < -0.39 is 37.5 Å². The summed E-state index contributed by atoms with van der Waals surface area (Å²) in [6, 6.07) is 21.2. The smallest absolute Gasteiger partial charge is 0.361 e. The summed E-state index contributed by atoms with van der Waals surface area (Å²) in [5, 5.41) is 8.73. The first-order valence-corrected chi connectivity index (χ1v) is 13.2. The maximum absolute atomic E-state index is 13.1. The van der Waals surface area contributed by atoms with E-state index in [1.807, 2.05) is 60.7 Å². The third kappa shape index (κ3) is 7.06. The van der Waals surface area contributed by atoms with Crippen molar-refractivity contribution in [3.8, 4) is 0 Å². The highest BCUT2D eigenvalue weighted by molar-refractivity contribution is 7.80. The Balaban J connectivity index is 1.39. The molecule has 3 aromatic carbocycles. The molecule has 0 bridgehead atoms. The number of benzene rings is 3. The lowest BCUT2D eigenvalue weighted by molar-refractivity contribution is -0.143. The van der Waals surface area contributed by atoms with Crippen LogP contribution in [0.25, 0.3) is 0 Å². The van der Waals surface area contributed by atoms with Gasteiger partial charge < -0.3 is 20.0 Å². The van der Waals surface area contributed by atoms with E-state index in [4.69, 9.17) is 12.2 Å². The molecule has 0 aliphatic carbocycles. The molecule has 13 heteroatoms. The van der Waals surface area contributed by atoms with Crippen molar-refractivity contribution in [3.05, 3.63) is 90.0 Å². The standard InChI is InChI=1S/C25H24F6N5PS/c26-24(27,28)18-15-19(25(29,30)31)17-20(16-18)34-23(38)32-11-12-33-37-35(21-7-3-1-4-8-21)13-14-36(37)22-9-5-2-6-10-22/h1-10,15-17,33H,11-14H2,(H2,32,34,38). The van der Waals surface area contributed by atoms with Crippen molar-refractivity contribution in [2.75, 3.05) is 40.8 Å². The van der Waals surface area contributed by atoms with Gasteiger partial charge in [-0.1, -0.05) is 36.4 Å². The second kappa shape index (κ2) is 11.8. The molecular formula is C25H24F6N5PS. The van der Waals surface area contributed by atoms with E-state index in [-0.39, 0.29) is 11.2 Å². The van der Waals surface area contributed by atoms with Gasteiger partial charge in [0.2, 0.25) is 0 Å². The molecular weight excluding hydrogens is 547 g/mol. The number of hydrogen-bond acceptors (Lipinski definition) is 4. The Morgan fingerprint density at radius 1 is 0.737 bits per heavy atom. The monoisotopic (exact) mass is 571 g/mol. The maximum Gasteiger partial charge on any atom is 0.416 e. The molecule has 1 fully saturated rings. The molecule has 0 spiro atoms. The summed E-state index contributed by atoms with van der Waals surface area (Å²) in [5.41, 5.74) is -1.08. The van der Waals surface area contributed by atoms with Gasteiger partial charge in [-0.05, 0) is 54.7 Å². The summed E-state index contributed by atoms with van der Waals surface area (Å²) >= 11 is 5.13. The topological polar surface area (TPSA) is 42.6 Å². The van der Waals surface area contributed by atoms with Gasteiger partial charge in [-0.2, -0.15) is 26.3 Å². The Morgan fingerprint density at radius 2 is 1.21 bits per heavy atom. The lowest BCUT2D eigenvalue weighted by atomic mass is 10.1. The summed E-state index contributed by atoms with van der Waals surface area (Å²) in [4.78, 5) is 0. The SMILES string of the molecule is FC(F)(F)c1cc(NC(=S)NCCNP2N(c3ccccc3)CCN2c2ccccc2)cc(C(F)(F)F)c1. The number of alkyl halides is 6. The van der Waals surface area contributed by atoms with Crippen molar-refractivity contribution in [2.45, 2.75) is 12.4 Å². The minimum Gasteiger partial charge on any atom is -0.361 e. The summed E-state index contributed by atoms with van der Waals surface area (Å²) in [5.74, 6) is 0. The van der Waals surface area contributed by atoms with E-state index in [1.165, 1.54) is 0 Å². The number of para-hydroxylation sites is 2. The van der Waals surface area contributed by atoms with Crippen molar-refractivity contribution in [3.63, 3.8) is 0 Å². The molecule has 3 N–H and O–H groups in total. The molecule has 0 atom stereocenters. The van der Waals surface area contributed by atoms with E-state index in [1.54, 1.807) is 0 Å². The molecule has 1 aliphatic rings. The van der Waals surface area contributed by atoms with Gasteiger partial charge in [0.05, 0.1) is 11.1 Å². The van der Waals surface area contributed by atoms with Gasteiger partial charge in [0.1, 0.15) is 0 Å². The van der Waals surface area contributed by atoms with Crippen LogP contribution in [0.1, 0.15) is 11.1 Å². The highest BCUT2D eigenvalue weighted by Crippen LogP contribution is 2.49. The first-order valence-electron chi connectivity index (χ1n) is 11.6. The first kappa shape index (κ1) is 27.9. The summed E-state index contributed by atoms with van der Waals surface area (Å²) in [6.07, 6.45) is -9.87. The molecule has 3 aromatic rings. The van der Waals surface area contributed by atoms with E-state index in [9.17, 15) is 26.3 Å². The van der Waals surface area contributed by atoms with Crippen LogP contribution in [0.3, 0.4) is 0 Å². The van der Waals surface area contributed by atoms with Gasteiger partial charge in [0.15, 0.2) is 13.5 Å². The Hall–Kier alpha value is -3.08. The summed E-state index contributed by atoms with van der Waals surface area (Å²) in [7, 11) is -0.975. The molecule has 0 unspecified atom stereocenters. The van der Waals surface area contributed by atoms with Crippen molar-refractivity contribution in [2.24, 2.45) is 0 Å². The van der Waals surface area contributed by atoms with Gasteiger partial charge in [0.25, 0.3) is 0 Å². The first-order chi connectivity index (χ1) is 18.0. The van der Waals surface area contributed by atoms with Gasteiger partial charge >= 0.3 is 12.4 Å². The molecule has 1 saturated heterocycles. The Bertz CT molecular complexity index is 1150. The molecule has 0 aromatic heterocycles. The zero-order valence-corrected chi connectivity index (χ0v) is 21.6. The van der Waals surface area contributed by atoms with Crippen molar-refractivity contribution >= 4 is 42.8 Å². The van der Waals surface area contributed by atoms with Crippen LogP contribution in [-0.2, 0) is 12.4 Å². The highest BCUT2D eigenvalue weighted by Gasteiger charge is 2.37. The predicted octanol–water partition coefficient (Wildman–Crippen LogP) is 6.85. The highest BCUT2D eigenvalue weighted by atomic mass is 32.1. The van der Waals surface area contributed by atoms with E-state index >= 15 is 0 Å². The number of hydrogen-bond donors (Lipinski definition) is 3. The fourth-order valence-electron chi connectivity index (χ4n) is 3.89. The average molecular weight is 572 g/mol. The number of anilines is 3. The van der Waals surface area contributed by atoms with E-state index in [0.717, 1.165) is 24.5 Å². The Kier molecular flexibility index (Phi) is 8.64. The zero-order valence-electron chi connectivity index (χ0n) is 19.9. The quantitative estimate of drug-likeness (QED) is 0.125. The summed E-state index contributed by atoms with van der Waals surface area (Å²) in [6.45, 7) is 2.35. The average Bonchev–Trinajstić information content (AvgIpc) is 3.30. The third-order valence-electron chi connectivity index (χ3n) is 5.60. The molecule has 0 saturated carbocycles. The van der Waals surface area contributed by atoms with Gasteiger partial charge in [-0.25, -0.2) is 0 Å². The molecule has 4 rings (SSSR count). The van der Waals surface area contributed by atoms with Crippen LogP contribution in [0.15, 0.2) is 78.9 Å². The Labute approximate surface area is 222 Å². The largest absolute Gasteiger partial charge is 0.416 e. The van der Waals surface area contributed by atoms with Crippen LogP contribution >= 0.6 is 20.6 Å². The number of rotatable bonds is 7. The van der Waals surface area contributed by atoms with Crippen LogP contribution in [0, 0.1) is 0 Å². The second-order valence-corrected chi connectivity index (χ2v) is 10.6. The minimum absolute atomic E-state index is 0.0757. The van der Waals surface area contributed by atoms with Crippen LogP contribution in [0.5, 0.6) is 0 Å². The van der Waals surface area contributed by atoms with Gasteiger partial charge in [-0.15, -0.1) is 0 Å². The molecule has 0 radical (unpaired) electrons. The molecule has 5 nitrogen and oxygen atoms in total. The second-order valence-electron chi connectivity index (χ2n) is 8.29. The molecule has 202 valence electrons. The lowest BCUT2D eigenvalue weighted by Crippen LogP contribution is -2.35. The normalized spacial score (nSPS) is 14.6. The Morgan fingerprint density at radius 3 is 1.66 bits per heavy atom. The number of halogens is 6. The fourth-order valence-corrected chi connectivity index (χ4v) is 6.29. The fraction of sp³-hybridized carbons (Fsp3) is 0.240. The zero-order chi connectivity index (χ0) is 27.3.